The second-order valence-corrected chi connectivity index (χ2v) is 3.86. The predicted molar refractivity (Wildman–Crippen MR) is 62.6 cm³/mol. The summed E-state index contributed by atoms with van der Waals surface area (Å²) in [6.45, 7) is 4.03. The zero-order valence-corrected chi connectivity index (χ0v) is 9.42. The fraction of sp³-hybridized carbons (Fsp3) is 0.231. The summed E-state index contributed by atoms with van der Waals surface area (Å²) in [4.78, 5) is 10.7. The first kappa shape index (κ1) is 10.6. The van der Waals surface area contributed by atoms with Gasteiger partial charge in [0.15, 0.2) is 6.29 Å². The molecule has 0 amide bonds. The van der Waals surface area contributed by atoms with Crippen molar-refractivity contribution in [3.8, 4) is 0 Å². The molecule has 0 aliphatic rings. The summed E-state index contributed by atoms with van der Waals surface area (Å²) in [5.41, 5.74) is 2.67. The molecular weight excluding hydrogens is 200 g/mol. The molecule has 0 bridgehead atoms. The van der Waals surface area contributed by atoms with Crippen LogP contribution in [0.4, 0.5) is 0 Å². The van der Waals surface area contributed by atoms with Crippen molar-refractivity contribution in [3.63, 3.8) is 0 Å². The predicted octanol–water partition coefficient (Wildman–Crippen LogP) is 2.61. The van der Waals surface area contributed by atoms with Gasteiger partial charge in [0.05, 0.1) is 6.04 Å². The van der Waals surface area contributed by atoms with Gasteiger partial charge in [-0.05, 0) is 25.5 Å². The van der Waals surface area contributed by atoms with Crippen molar-refractivity contribution in [1.29, 1.82) is 0 Å². The van der Waals surface area contributed by atoms with Gasteiger partial charge in [0.1, 0.15) is 5.69 Å². The van der Waals surface area contributed by atoms with Gasteiger partial charge in [-0.15, -0.1) is 0 Å². The molecule has 1 aromatic carbocycles. The third-order valence-electron chi connectivity index (χ3n) is 2.71. The van der Waals surface area contributed by atoms with Gasteiger partial charge in [-0.2, -0.15) is 5.10 Å². The highest BCUT2D eigenvalue weighted by molar-refractivity contribution is 5.71. The first-order valence-electron chi connectivity index (χ1n) is 5.28. The maximum absolute atomic E-state index is 10.7. The Labute approximate surface area is 94.7 Å². The van der Waals surface area contributed by atoms with Crippen LogP contribution in [0.1, 0.15) is 34.7 Å². The third kappa shape index (κ3) is 1.89. The van der Waals surface area contributed by atoms with Crippen LogP contribution < -0.4 is 0 Å². The molecule has 3 nitrogen and oxygen atoms in total. The molecule has 0 saturated carbocycles. The quantitative estimate of drug-likeness (QED) is 0.736. The molecule has 16 heavy (non-hydrogen) atoms. The van der Waals surface area contributed by atoms with Crippen molar-refractivity contribution in [2.75, 3.05) is 0 Å². The number of hydrogen-bond acceptors (Lipinski definition) is 2. The van der Waals surface area contributed by atoms with Gasteiger partial charge in [-0.1, -0.05) is 30.3 Å². The molecule has 1 atom stereocenters. The van der Waals surface area contributed by atoms with E-state index in [1.165, 1.54) is 5.56 Å². The van der Waals surface area contributed by atoms with Crippen LogP contribution in [-0.4, -0.2) is 16.1 Å². The number of nitrogens with zero attached hydrogens (tertiary/aromatic N) is 2. The molecule has 0 spiro atoms. The summed E-state index contributed by atoms with van der Waals surface area (Å²) in [6.07, 6.45) is 0.779. The monoisotopic (exact) mass is 214 g/mol. The lowest BCUT2D eigenvalue weighted by molar-refractivity contribution is 0.111. The van der Waals surface area contributed by atoms with Crippen LogP contribution in [0.3, 0.4) is 0 Å². The fourth-order valence-corrected chi connectivity index (χ4v) is 1.83. The second kappa shape index (κ2) is 4.31. The average Bonchev–Trinajstić information content (AvgIpc) is 2.71. The highest BCUT2D eigenvalue weighted by Gasteiger charge is 2.11. The van der Waals surface area contributed by atoms with Crippen LogP contribution >= 0.6 is 0 Å². The number of benzene rings is 1. The fourth-order valence-electron chi connectivity index (χ4n) is 1.83. The van der Waals surface area contributed by atoms with Gasteiger partial charge in [0, 0.05) is 5.69 Å². The Balaban J connectivity index is 2.37. The molecule has 0 radical (unpaired) electrons. The summed E-state index contributed by atoms with van der Waals surface area (Å²) in [5.74, 6) is 0. The van der Waals surface area contributed by atoms with Crippen LogP contribution in [0, 0.1) is 6.92 Å². The number of hydrogen-bond donors (Lipinski definition) is 0. The van der Waals surface area contributed by atoms with E-state index < -0.39 is 0 Å². The molecule has 0 aliphatic heterocycles. The van der Waals surface area contributed by atoms with E-state index in [0.717, 1.165) is 12.0 Å². The van der Waals surface area contributed by atoms with Gasteiger partial charge in [0.2, 0.25) is 0 Å². The van der Waals surface area contributed by atoms with Crippen molar-refractivity contribution in [1.82, 2.24) is 9.78 Å². The SMILES string of the molecule is Cc1cc(C=O)nn1C(C)c1ccccc1. The molecule has 2 rings (SSSR count). The number of aldehydes is 1. The minimum Gasteiger partial charge on any atom is -0.296 e. The van der Waals surface area contributed by atoms with E-state index >= 15 is 0 Å². The Bertz CT molecular complexity index is 488. The summed E-state index contributed by atoms with van der Waals surface area (Å²) in [7, 11) is 0. The van der Waals surface area contributed by atoms with E-state index in [-0.39, 0.29) is 6.04 Å². The Morgan fingerprint density at radius 3 is 2.56 bits per heavy atom. The lowest BCUT2D eigenvalue weighted by Crippen LogP contribution is -2.10. The van der Waals surface area contributed by atoms with Crippen LogP contribution in [0.15, 0.2) is 36.4 Å². The van der Waals surface area contributed by atoms with Gasteiger partial charge in [-0.3, -0.25) is 9.48 Å². The van der Waals surface area contributed by atoms with E-state index in [4.69, 9.17) is 0 Å². The molecule has 82 valence electrons. The number of rotatable bonds is 3. The van der Waals surface area contributed by atoms with Crippen molar-refractivity contribution >= 4 is 6.29 Å². The largest absolute Gasteiger partial charge is 0.296 e. The number of aromatic nitrogens is 2. The molecule has 0 N–H and O–H groups in total. The highest BCUT2D eigenvalue weighted by atomic mass is 16.1. The lowest BCUT2D eigenvalue weighted by Gasteiger charge is -2.14. The van der Waals surface area contributed by atoms with Gasteiger partial charge < -0.3 is 0 Å². The summed E-state index contributed by atoms with van der Waals surface area (Å²) >= 11 is 0. The Hall–Kier alpha value is -1.90. The molecule has 0 aliphatic carbocycles. The van der Waals surface area contributed by atoms with Gasteiger partial charge in [-0.25, -0.2) is 0 Å². The normalized spacial score (nSPS) is 12.4. The van der Waals surface area contributed by atoms with E-state index in [2.05, 4.69) is 24.2 Å². The molecular formula is C13H14N2O. The second-order valence-electron chi connectivity index (χ2n) is 3.86. The Morgan fingerprint density at radius 2 is 2.00 bits per heavy atom. The molecule has 1 aromatic heterocycles. The first-order chi connectivity index (χ1) is 7.72. The summed E-state index contributed by atoms with van der Waals surface area (Å²) in [5, 5.41) is 4.25. The molecule has 2 aromatic rings. The Morgan fingerprint density at radius 1 is 1.31 bits per heavy atom. The van der Waals surface area contributed by atoms with Crippen molar-refractivity contribution in [3.05, 3.63) is 53.3 Å². The first-order valence-corrected chi connectivity index (χ1v) is 5.28. The van der Waals surface area contributed by atoms with E-state index in [1.807, 2.05) is 29.8 Å². The van der Waals surface area contributed by atoms with Crippen LogP contribution in [0.5, 0.6) is 0 Å². The van der Waals surface area contributed by atoms with Crippen LogP contribution in [0.25, 0.3) is 0 Å². The van der Waals surface area contributed by atoms with E-state index in [0.29, 0.717) is 5.69 Å². The molecule has 0 fully saturated rings. The molecule has 0 saturated heterocycles. The molecule has 3 heteroatoms. The zero-order chi connectivity index (χ0) is 11.5. The number of carbonyl (C=O) groups is 1. The van der Waals surface area contributed by atoms with Crippen LogP contribution in [0.2, 0.25) is 0 Å². The maximum Gasteiger partial charge on any atom is 0.170 e. The third-order valence-corrected chi connectivity index (χ3v) is 2.71. The Kier molecular flexibility index (Phi) is 2.86. The number of carbonyl (C=O) groups excluding carboxylic acids is 1. The minimum absolute atomic E-state index is 0.148. The summed E-state index contributed by atoms with van der Waals surface area (Å²) in [6, 6.07) is 12.1. The topological polar surface area (TPSA) is 34.9 Å². The lowest BCUT2D eigenvalue weighted by atomic mass is 10.1. The van der Waals surface area contributed by atoms with Gasteiger partial charge in [0.25, 0.3) is 0 Å². The average molecular weight is 214 g/mol. The maximum atomic E-state index is 10.7. The molecule has 1 unspecified atom stereocenters. The standard InChI is InChI=1S/C13H14N2O/c1-10-8-13(9-16)14-15(10)11(2)12-6-4-3-5-7-12/h3-9,11H,1-2H3. The van der Waals surface area contributed by atoms with E-state index in [1.54, 1.807) is 6.07 Å². The highest BCUT2D eigenvalue weighted by Crippen LogP contribution is 2.18. The van der Waals surface area contributed by atoms with E-state index in [9.17, 15) is 4.79 Å². The van der Waals surface area contributed by atoms with Crippen molar-refractivity contribution in [2.45, 2.75) is 19.9 Å². The van der Waals surface area contributed by atoms with Crippen molar-refractivity contribution < 1.29 is 4.79 Å². The molecule has 1 heterocycles. The van der Waals surface area contributed by atoms with Crippen molar-refractivity contribution in [2.24, 2.45) is 0 Å². The van der Waals surface area contributed by atoms with Gasteiger partial charge >= 0.3 is 0 Å². The summed E-state index contributed by atoms with van der Waals surface area (Å²) < 4.78 is 1.87. The van der Waals surface area contributed by atoms with Crippen LogP contribution in [-0.2, 0) is 0 Å². The smallest absolute Gasteiger partial charge is 0.170 e. The zero-order valence-electron chi connectivity index (χ0n) is 9.42. The minimum atomic E-state index is 0.148. The number of aryl methyl sites for hydroxylation is 1.